The van der Waals surface area contributed by atoms with Crippen molar-refractivity contribution in [3.8, 4) is 16.9 Å². The Morgan fingerprint density at radius 1 is 1.04 bits per heavy atom. The van der Waals surface area contributed by atoms with Crippen LogP contribution in [0.4, 0.5) is 0 Å². The Kier molecular flexibility index (Phi) is 14.1. The number of amides is 1. The Labute approximate surface area is 331 Å². The number of hydrogen-bond acceptors (Lipinski definition) is 13. The number of hydrogen-bond donors (Lipinski definition) is 6. The molecular formula is C39H51ClN4O9S2. The maximum Gasteiger partial charge on any atom is 0.254 e. The monoisotopic (exact) mass is 818 g/mol. The van der Waals surface area contributed by atoms with Gasteiger partial charge in [-0.25, -0.2) is 8.42 Å². The molecule has 0 spiro atoms. The Morgan fingerprint density at radius 2 is 1.78 bits per heavy atom. The van der Waals surface area contributed by atoms with Crippen molar-refractivity contribution in [3.63, 3.8) is 0 Å². The number of aliphatic hydroxyl groups is 5. The highest BCUT2D eigenvalue weighted by Gasteiger charge is 2.46. The van der Waals surface area contributed by atoms with Crippen LogP contribution in [0, 0.1) is 0 Å². The number of pyridine rings is 1. The van der Waals surface area contributed by atoms with E-state index in [-0.39, 0.29) is 36.2 Å². The van der Waals surface area contributed by atoms with Gasteiger partial charge < -0.3 is 40.5 Å². The molecule has 4 atom stereocenters. The lowest BCUT2D eigenvalue weighted by atomic mass is 9.94. The fourth-order valence-electron chi connectivity index (χ4n) is 6.74. The first-order valence-corrected chi connectivity index (χ1v) is 22.0. The topological polar surface area (TPSA) is 193 Å². The summed E-state index contributed by atoms with van der Waals surface area (Å²) in [4.78, 5) is 22.1. The SMILES string of the molecule is O=C([C@@H](O)[C@@H](O)[C@H](O)[C@@H](O)CO)N(CCCSc1ccc(Cl)c(CNC2(c3cnccc3-c3ccccc3OC3CC3)CC2)c1)CCN1CCS(=O)(=O)CC1. The number of carbonyl (C=O) groups is 1. The Bertz CT molecular complexity index is 1870. The van der Waals surface area contributed by atoms with Gasteiger partial charge in [0.1, 0.15) is 24.1 Å². The molecule has 16 heteroatoms. The van der Waals surface area contributed by atoms with Crippen LogP contribution >= 0.6 is 23.4 Å². The summed E-state index contributed by atoms with van der Waals surface area (Å²) in [5.74, 6) is 0.710. The van der Waals surface area contributed by atoms with Crippen LogP contribution in [-0.2, 0) is 26.7 Å². The second-order valence-electron chi connectivity index (χ2n) is 14.6. The van der Waals surface area contributed by atoms with Gasteiger partial charge in [-0.1, -0.05) is 29.8 Å². The number of para-hydroxylation sites is 1. The van der Waals surface area contributed by atoms with Gasteiger partial charge in [-0.05, 0) is 84.9 Å². The summed E-state index contributed by atoms with van der Waals surface area (Å²) < 4.78 is 30.0. The predicted molar refractivity (Wildman–Crippen MR) is 211 cm³/mol. The fraction of sp³-hybridized carbons (Fsp3) is 0.538. The van der Waals surface area contributed by atoms with Crippen molar-refractivity contribution in [2.45, 2.75) is 79.6 Å². The molecule has 55 heavy (non-hydrogen) atoms. The molecule has 2 heterocycles. The summed E-state index contributed by atoms with van der Waals surface area (Å²) in [7, 11) is -3.09. The van der Waals surface area contributed by atoms with Crippen LogP contribution in [0.15, 0.2) is 65.8 Å². The molecular weight excluding hydrogens is 768 g/mol. The van der Waals surface area contributed by atoms with E-state index in [0.29, 0.717) is 43.4 Å². The third-order valence-corrected chi connectivity index (χ3v) is 13.6. The molecule has 1 amide bonds. The molecule has 1 aromatic heterocycles. The van der Waals surface area contributed by atoms with Crippen molar-refractivity contribution in [1.82, 2.24) is 20.1 Å². The molecule has 2 aliphatic carbocycles. The average Bonchev–Trinajstić information content (AvgIpc) is 4.14. The van der Waals surface area contributed by atoms with E-state index < -0.39 is 46.8 Å². The van der Waals surface area contributed by atoms with E-state index in [1.54, 1.807) is 11.8 Å². The third-order valence-electron chi connectivity index (χ3n) is 10.5. The van der Waals surface area contributed by atoms with E-state index in [1.165, 1.54) is 4.90 Å². The molecule has 0 unspecified atom stereocenters. The summed E-state index contributed by atoms with van der Waals surface area (Å²) >= 11 is 8.29. The lowest BCUT2D eigenvalue weighted by Crippen LogP contribution is -2.54. The van der Waals surface area contributed by atoms with Crippen LogP contribution < -0.4 is 10.1 Å². The predicted octanol–water partition coefficient (Wildman–Crippen LogP) is 2.20. The van der Waals surface area contributed by atoms with Crippen LogP contribution in [-0.4, -0.2) is 142 Å². The summed E-state index contributed by atoms with van der Waals surface area (Å²) in [5.41, 5.74) is 3.99. The van der Waals surface area contributed by atoms with Crippen LogP contribution in [0.1, 0.15) is 43.2 Å². The molecule has 3 aromatic rings. The molecule has 13 nitrogen and oxygen atoms in total. The minimum atomic E-state index is -3.09. The van der Waals surface area contributed by atoms with E-state index in [0.717, 1.165) is 58.6 Å². The number of halogens is 1. The largest absolute Gasteiger partial charge is 0.490 e. The van der Waals surface area contributed by atoms with E-state index in [4.69, 9.17) is 21.4 Å². The number of carbonyl (C=O) groups excluding carboxylic acids is 1. The van der Waals surface area contributed by atoms with Crippen molar-refractivity contribution in [1.29, 1.82) is 0 Å². The zero-order valence-corrected chi connectivity index (χ0v) is 33.1. The average molecular weight is 819 g/mol. The molecule has 0 bridgehead atoms. The molecule has 6 N–H and O–H groups in total. The molecule has 2 saturated carbocycles. The minimum Gasteiger partial charge on any atom is -0.490 e. The van der Waals surface area contributed by atoms with Gasteiger partial charge >= 0.3 is 0 Å². The van der Waals surface area contributed by atoms with Crippen LogP contribution in [0.5, 0.6) is 5.75 Å². The van der Waals surface area contributed by atoms with Gasteiger partial charge in [-0.2, -0.15) is 0 Å². The first-order chi connectivity index (χ1) is 26.4. The Balaban J connectivity index is 1.06. The highest BCUT2D eigenvalue weighted by molar-refractivity contribution is 7.99. The summed E-state index contributed by atoms with van der Waals surface area (Å²) in [6.07, 6.45) is 0.898. The molecule has 1 aliphatic heterocycles. The summed E-state index contributed by atoms with van der Waals surface area (Å²) in [6.45, 7) is 1.06. The number of nitrogens with one attached hydrogen (secondary N) is 1. The number of thioether (sulfide) groups is 1. The molecule has 1 saturated heterocycles. The molecule has 0 radical (unpaired) electrons. The molecule has 3 aliphatic rings. The highest BCUT2D eigenvalue weighted by Crippen LogP contribution is 2.50. The molecule has 6 rings (SSSR count). The van der Waals surface area contributed by atoms with Gasteiger partial charge in [-0.3, -0.25) is 14.7 Å². The van der Waals surface area contributed by atoms with E-state index in [2.05, 4.69) is 28.5 Å². The molecule has 3 fully saturated rings. The molecule has 300 valence electrons. The smallest absolute Gasteiger partial charge is 0.254 e. The lowest BCUT2D eigenvalue weighted by molar-refractivity contribution is -0.158. The van der Waals surface area contributed by atoms with Gasteiger partial charge in [0.05, 0.1) is 24.2 Å². The lowest BCUT2D eigenvalue weighted by Gasteiger charge is -2.32. The molecule has 2 aromatic carbocycles. The standard InChI is InChI=1S/C39H51ClN4O9S2/c40-32-9-8-28(22-26(32)23-42-39(11-12-39)31-24-41-13-10-29(31)30-4-1-2-5-34(30)53-27-6-7-27)54-19-3-14-44(16-15-43-17-20-55(51,52)21-18-43)38(50)37(49)36(48)35(47)33(46)25-45/h1-2,4-5,8-10,13,22,24,27,33,35-37,42,45-49H,3,6-7,11-12,14-21,23,25H2/t33-,35+,36-,37-/m0/s1. The van der Waals surface area contributed by atoms with E-state index in [9.17, 15) is 33.6 Å². The van der Waals surface area contributed by atoms with Crippen molar-refractivity contribution >= 4 is 39.1 Å². The van der Waals surface area contributed by atoms with Gasteiger partial charge in [0.15, 0.2) is 15.9 Å². The number of rotatable bonds is 20. The zero-order chi connectivity index (χ0) is 39.2. The van der Waals surface area contributed by atoms with E-state index >= 15 is 0 Å². The summed E-state index contributed by atoms with van der Waals surface area (Å²) in [6, 6.07) is 16.1. The number of benzene rings is 2. The Morgan fingerprint density at radius 3 is 2.49 bits per heavy atom. The number of aromatic nitrogens is 1. The number of nitrogens with zero attached hydrogens (tertiary/aromatic N) is 3. The number of aliphatic hydroxyl groups excluding tert-OH is 5. The van der Waals surface area contributed by atoms with E-state index in [1.807, 2.05) is 47.6 Å². The zero-order valence-electron chi connectivity index (χ0n) is 30.7. The second-order valence-corrected chi connectivity index (χ2v) is 18.5. The third kappa shape index (κ3) is 11.0. The van der Waals surface area contributed by atoms with Crippen molar-refractivity contribution in [2.24, 2.45) is 0 Å². The van der Waals surface area contributed by atoms with Crippen LogP contribution in [0.3, 0.4) is 0 Å². The maximum atomic E-state index is 13.4. The fourth-order valence-corrected chi connectivity index (χ4v) is 9.10. The first-order valence-electron chi connectivity index (χ1n) is 18.8. The quantitative estimate of drug-likeness (QED) is 0.0719. The van der Waals surface area contributed by atoms with Crippen LogP contribution in [0.25, 0.3) is 11.1 Å². The highest BCUT2D eigenvalue weighted by atomic mass is 35.5. The number of ether oxygens (including phenoxy) is 1. The first kappa shape index (κ1) is 41.8. The summed E-state index contributed by atoms with van der Waals surface area (Å²) in [5, 5.41) is 54.5. The normalized spacial score (nSPS) is 20.0. The van der Waals surface area contributed by atoms with Gasteiger partial charge in [0.2, 0.25) is 0 Å². The Hall–Kier alpha value is -2.83. The van der Waals surface area contributed by atoms with Gasteiger partial charge in [-0.15, -0.1) is 11.8 Å². The second kappa shape index (κ2) is 18.6. The van der Waals surface area contributed by atoms with Crippen LogP contribution in [0.2, 0.25) is 5.02 Å². The van der Waals surface area contributed by atoms with Gasteiger partial charge in [0.25, 0.3) is 5.91 Å². The van der Waals surface area contributed by atoms with Crippen molar-refractivity contribution in [2.75, 3.05) is 56.6 Å². The minimum absolute atomic E-state index is 0.0263. The van der Waals surface area contributed by atoms with Crippen molar-refractivity contribution < 1.29 is 43.5 Å². The van der Waals surface area contributed by atoms with Gasteiger partial charge in [0, 0.05) is 72.7 Å². The van der Waals surface area contributed by atoms with Crippen molar-refractivity contribution in [3.05, 3.63) is 77.1 Å². The maximum absolute atomic E-state index is 13.4. The number of sulfone groups is 1.